The van der Waals surface area contributed by atoms with Gasteiger partial charge >= 0.3 is 0 Å². The van der Waals surface area contributed by atoms with Crippen LogP contribution in [0.3, 0.4) is 0 Å². The fourth-order valence-corrected chi connectivity index (χ4v) is 3.31. The minimum absolute atomic E-state index is 0.0429. The number of hydrogen-bond donors (Lipinski definition) is 2. The summed E-state index contributed by atoms with van der Waals surface area (Å²) in [4.78, 5) is 13.9. The zero-order valence-corrected chi connectivity index (χ0v) is 12.6. The molecule has 0 aliphatic heterocycles. The number of nitrogens with two attached hydrogens (primary N) is 1. The van der Waals surface area contributed by atoms with Gasteiger partial charge in [0.05, 0.1) is 16.3 Å². The number of amides is 1. The predicted molar refractivity (Wildman–Crippen MR) is 83.8 cm³/mol. The standard InChI is InChI=1S/C16H22N2OS/c17-12-6-9-14-10-11-15(20-14)16(19)18-13-7-4-2-1-3-5-8-13/h10-11,13H,1-5,7-8,12,17H2,(H,18,19). The molecule has 1 amide bonds. The van der Waals surface area contributed by atoms with Crippen LogP contribution in [0.15, 0.2) is 12.1 Å². The highest BCUT2D eigenvalue weighted by Crippen LogP contribution is 2.19. The van der Waals surface area contributed by atoms with E-state index in [0.29, 0.717) is 12.6 Å². The second-order valence-corrected chi connectivity index (χ2v) is 6.27. The van der Waals surface area contributed by atoms with Crippen molar-refractivity contribution >= 4 is 17.2 Å². The number of hydrogen-bond acceptors (Lipinski definition) is 3. The van der Waals surface area contributed by atoms with Crippen LogP contribution in [0.2, 0.25) is 0 Å². The average molecular weight is 290 g/mol. The molecule has 0 saturated heterocycles. The van der Waals surface area contributed by atoms with Gasteiger partial charge in [0.25, 0.3) is 5.91 Å². The van der Waals surface area contributed by atoms with Gasteiger partial charge in [0.1, 0.15) is 0 Å². The summed E-state index contributed by atoms with van der Waals surface area (Å²) >= 11 is 1.44. The molecule has 0 aromatic carbocycles. The molecule has 0 radical (unpaired) electrons. The van der Waals surface area contributed by atoms with Crippen molar-refractivity contribution in [3.05, 3.63) is 21.9 Å². The van der Waals surface area contributed by atoms with Crippen molar-refractivity contribution in [1.29, 1.82) is 0 Å². The lowest BCUT2D eigenvalue weighted by Gasteiger charge is -2.20. The molecule has 1 saturated carbocycles. The van der Waals surface area contributed by atoms with Gasteiger partial charge < -0.3 is 11.1 Å². The van der Waals surface area contributed by atoms with E-state index < -0.39 is 0 Å². The van der Waals surface area contributed by atoms with Crippen molar-refractivity contribution in [2.24, 2.45) is 5.73 Å². The Morgan fingerprint density at radius 2 is 1.95 bits per heavy atom. The molecule has 3 N–H and O–H groups in total. The normalized spacial score (nSPS) is 16.6. The first kappa shape index (κ1) is 15.1. The first-order chi connectivity index (χ1) is 9.79. The molecule has 0 spiro atoms. The molecule has 0 bridgehead atoms. The van der Waals surface area contributed by atoms with Crippen LogP contribution in [0.4, 0.5) is 0 Å². The smallest absolute Gasteiger partial charge is 0.261 e. The summed E-state index contributed by atoms with van der Waals surface area (Å²) in [6.45, 7) is 0.349. The topological polar surface area (TPSA) is 55.1 Å². The Labute approximate surface area is 124 Å². The number of nitrogens with one attached hydrogen (secondary N) is 1. The van der Waals surface area contributed by atoms with E-state index in [1.807, 2.05) is 12.1 Å². The fourth-order valence-electron chi connectivity index (χ4n) is 2.52. The largest absolute Gasteiger partial charge is 0.349 e. The molecule has 2 rings (SSSR count). The fraction of sp³-hybridized carbons (Fsp3) is 0.562. The van der Waals surface area contributed by atoms with Crippen LogP contribution >= 0.6 is 11.3 Å². The monoisotopic (exact) mass is 290 g/mol. The second kappa shape index (κ2) is 8.08. The molecule has 20 heavy (non-hydrogen) atoms. The maximum absolute atomic E-state index is 12.2. The minimum Gasteiger partial charge on any atom is -0.349 e. The minimum atomic E-state index is 0.0429. The van der Waals surface area contributed by atoms with Crippen molar-refractivity contribution < 1.29 is 4.79 Å². The van der Waals surface area contributed by atoms with Gasteiger partial charge in [-0.2, -0.15) is 0 Å². The van der Waals surface area contributed by atoms with Crippen LogP contribution in [0.1, 0.15) is 59.5 Å². The third kappa shape index (κ3) is 4.66. The van der Waals surface area contributed by atoms with Gasteiger partial charge in [0.15, 0.2) is 0 Å². The highest BCUT2D eigenvalue weighted by atomic mass is 32.1. The SMILES string of the molecule is NCC#Cc1ccc(C(=O)NC2CCCCCCC2)s1. The lowest BCUT2D eigenvalue weighted by molar-refractivity contribution is 0.0934. The van der Waals surface area contributed by atoms with Gasteiger partial charge in [-0.25, -0.2) is 0 Å². The van der Waals surface area contributed by atoms with Gasteiger partial charge in [0, 0.05) is 6.04 Å². The summed E-state index contributed by atoms with van der Waals surface area (Å²) in [6.07, 6.45) is 8.60. The van der Waals surface area contributed by atoms with Gasteiger partial charge in [-0.05, 0) is 25.0 Å². The molecule has 1 fully saturated rings. The molecule has 108 valence electrons. The first-order valence-corrected chi connectivity index (χ1v) is 8.21. The summed E-state index contributed by atoms with van der Waals surface area (Å²) in [5.41, 5.74) is 5.35. The molecule has 1 aromatic heterocycles. The number of carbonyl (C=O) groups is 1. The molecule has 1 aliphatic carbocycles. The van der Waals surface area contributed by atoms with E-state index in [-0.39, 0.29) is 5.91 Å². The average Bonchev–Trinajstić information content (AvgIpc) is 2.88. The highest BCUT2D eigenvalue weighted by Gasteiger charge is 2.16. The van der Waals surface area contributed by atoms with Crippen LogP contribution in [0.25, 0.3) is 0 Å². The molecule has 4 heteroatoms. The Balaban J connectivity index is 1.91. The third-order valence-corrected chi connectivity index (χ3v) is 4.58. The van der Waals surface area contributed by atoms with Gasteiger partial charge in [-0.1, -0.05) is 43.9 Å². The third-order valence-electron chi connectivity index (χ3n) is 3.58. The lowest BCUT2D eigenvalue weighted by Crippen LogP contribution is -2.34. The van der Waals surface area contributed by atoms with E-state index in [9.17, 15) is 4.79 Å². The van der Waals surface area contributed by atoms with Crippen LogP contribution in [0.5, 0.6) is 0 Å². The number of carbonyl (C=O) groups excluding carboxylic acids is 1. The second-order valence-electron chi connectivity index (χ2n) is 5.19. The molecular weight excluding hydrogens is 268 g/mol. The molecule has 3 nitrogen and oxygen atoms in total. The van der Waals surface area contributed by atoms with Crippen molar-refractivity contribution in [3.63, 3.8) is 0 Å². The molecule has 1 aliphatic rings. The van der Waals surface area contributed by atoms with Crippen LogP contribution in [-0.2, 0) is 0 Å². The van der Waals surface area contributed by atoms with E-state index >= 15 is 0 Å². The highest BCUT2D eigenvalue weighted by molar-refractivity contribution is 7.14. The van der Waals surface area contributed by atoms with Crippen molar-refractivity contribution in [1.82, 2.24) is 5.32 Å². The Morgan fingerprint density at radius 3 is 2.65 bits per heavy atom. The number of rotatable bonds is 2. The van der Waals surface area contributed by atoms with Crippen molar-refractivity contribution in [3.8, 4) is 11.8 Å². The predicted octanol–water partition coefficient (Wildman–Crippen LogP) is 2.90. The Morgan fingerprint density at radius 1 is 1.25 bits per heavy atom. The Kier molecular flexibility index (Phi) is 6.10. The van der Waals surface area contributed by atoms with Gasteiger partial charge in [-0.3, -0.25) is 4.79 Å². The van der Waals surface area contributed by atoms with Crippen molar-refractivity contribution in [2.75, 3.05) is 6.54 Å². The van der Waals surface area contributed by atoms with E-state index in [1.165, 1.54) is 43.4 Å². The summed E-state index contributed by atoms with van der Waals surface area (Å²) in [6, 6.07) is 4.08. The van der Waals surface area contributed by atoms with E-state index in [1.54, 1.807) is 0 Å². The summed E-state index contributed by atoms with van der Waals surface area (Å²) in [5, 5.41) is 3.17. The van der Waals surface area contributed by atoms with Crippen LogP contribution < -0.4 is 11.1 Å². The van der Waals surface area contributed by atoms with E-state index in [0.717, 1.165) is 22.6 Å². The van der Waals surface area contributed by atoms with Crippen LogP contribution in [0, 0.1) is 11.8 Å². The summed E-state index contributed by atoms with van der Waals surface area (Å²) in [5.74, 6) is 5.82. The molecule has 0 unspecified atom stereocenters. The Hall–Kier alpha value is -1.31. The summed E-state index contributed by atoms with van der Waals surface area (Å²) < 4.78 is 0. The molecule has 1 aromatic rings. The van der Waals surface area contributed by atoms with Crippen LogP contribution in [-0.4, -0.2) is 18.5 Å². The molecule has 0 atom stereocenters. The maximum Gasteiger partial charge on any atom is 0.261 e. The quantitative estimate of drug-likeness (QED) is 0.823. The molecular formula is C16H22N2OS. The lowest BCUT2D eigenvalue weighted by atomic mass is 9.97. The number of thiophene rings is 1. The van der Waals surface area contributed by atoms with E-state index in [4.69, 9.17) is 5.73 Å². The zero-order valence-electron chi connectivity index (χ0n) is 11.8. The van der Waals surface area contributed by atoms with Gasteiger partial charge in [-0.15, -0.1) is 11.3 Å². The first-order valence-electron chi connectivity index (χ1n) is 7.39. The van der Waals surface area contributed by atoms with E-state index in [2.05, 4.69) is 17.2 Å². The van der Waals surface area contributed by atoms with Gasteiger partial charge in [0.2, 0.25) is 0 Å². The Bertz CT molecular complexity index is 490. The zero-order chi connectivity index (χ0) is 14.2. The van der Waals surface area contributed by atoms with Crippen molar-refractivity contribution in [2.45, 2.75) is 51.0 Å². The summed E-state index contributed by atoms with van der Waals surface area (Å²) in [7, 11) is 0. The molecule has 1 heterocycles. The maximum atomic E-state index is 12.2.